The molecule has 0 saturated carbocycles. The van der Waals surface area contributed by atoms with E-state index in [0.29, 0.717) is 0 Å². The van der Waals surface area contributed by atoms with Crippen LogP contribution in [0.15, 0.2) is 30.6 Å². The molecule has 0 aromatic carbocycles. The lowest BCUT2D eigenvalue weighted by Crippen LogP contribution is -2.31. The Balaban J connectivity index is 1.95. The number of halogens is 6. The van der Waals surface area contributed by atoms with Crippen LogP contribution < -0.4 is 4.74 Å². The van der Waals surface area contributed by atoms with Gasteiger partial charge in [0.15, 0.2) is 17.6 Å². The highest BCUT2D eigenvalue weighted by atomic mass is 19.4. The van der Waals surface area contributed by atoms with Crippen LogP contribution in [0.4, 0.5) is 26.3 Å². The van der Waals surface area contributed by atoms with Gasteiger partial charge in [0.2, 0.25) is 5.82 Å². The summed E-state index contributed by atoms with van der Waals surface area (Å²) in [6, 6.07) is 3.70. The van der Waals surface area contributed by atoms with Gasteiger partial charge in [-0.3, -0.25) is 4.40 Å². The fraction of sp³-hybridized carbons (Fsp3) is 0.389. The normalized spacial score (nSPS) is 13.8. The lowest BCUT2D eigenvalue weighted by Gasteiger charge is -2.18. The maximum atomic E-state index is 14.3. The Morgan fingerprint density at radius 3 is 2.30 bits per heavy atom. The highest BCUT2D eigenvalue weighted by Gasteiger charge is 2.40. The standard InChI is InChI=1S/C18H16F6N4O2/c1-9(2)30-18(23,24)16-27-26-14-5-4-11(8-28(14)16)12-6-13(19)15(25-7-12)29-10(3)17(20,21)22/h4-10H,1-3H3/t10-/m1/s1. The van der Waals surface area contributed by atoms with Gasteiger partial charge in [0.25, 0.3) is 5.88 Å². The average molecular weight is 434 g/mol. The minimum atomic E-state index is -4.69. The van der Waals surface area contributed by atoms with Crippen molar-refractivity contribution >= 4 is 5.65 Å². The lowest BCUT2D eigenvalue weighted by atomic mass is 10.1. The van der Waals surface area contributed by atoms with Crippen LogP contribution in [0.1, 0.15) is 26.6 Å². The van der Waals surface area contributed by atoms with Crippen molar-refractivity contribution in [1.82, 2.24) is 19.6 Å². The maximum absolute atomic E-state index is 14.3. The first-order valence-corrected chi connectivity index (χ1v) is 8.68. The summed E-state index contributed by atoms with van der Waals surface area (Å²) in [5.74, 6) is -2.74. The lowest BCUT2D eigenvalue weighted by molar-refractivity contribution is -0.272. The van der Waals surface area contributed by atoms with Crippen molar-refractivity contribution in [2.45, 2.75) is 45.3 Å². The molecule has 162 valence electrons. The number of fused-ring (bicyclic) bond motifs is 1. The van der Waals surface area contributed by atoms with Crippen LogP contribution in [0.25, 0.3) is 16.8 Å². The molecule has 12 heteroatoms. The highest BCUT2D eigenvalue weighted by molar-refractivity contribution is 5.64. The summed E-state index contributed by atoms with van der Waals surface area (Å²) in [7, 11) is 0. The zero-order valence-corrected chi connectivity index (χ0v) is 15.9. The third-order valence-corrected chi connectivity index (χ3v) is 3.94. The summed E-state index contributed by atoms with van der Waals surface area (Å²) in [4.78, 5) is 3.58. The molecule has 0 saturated heterocycles. The van der Waals surface area contributed by atoms with E-state index in [1.165, 1.54) is 32.2 Å². The fourth-order valence-corrected chi connectivity index (χ4v) is 2.51. The van der Waals surface area contributed by atoms with Crippen molar-refractivity contribution in [3.63, 3.8) is 0 Å². The third kappa shape index (κ3) is 4.48. The van der Waals surface area contributed by atoms with Crippen LogP contribution in [-0.2, 0) is 10.8 Å². The van der Waals surface area contributed by atoms with E-state index < -0.39 is 42.0 Å². The Morgan fingerprint density at radius 1 is 1.00 bits per heavy atom. The van der Waals surface area contributed by atoms with E-state index in [4.69, 9.17) is 0 Å². The van der Waals surface area contributed by atoms with E-state index in [9.17, 15) is 26.3 Å². The Bertz CT molecular complexity index is 1050. The van der Waals surface area contributed by atoms with Gasteiger partial charge < -0.3 is 9.47 Å². The van der Waals surface area contributed by atoms with E-state index in [1.54, 1.807) is 0 Å². The summed E-state index contributed by atoms with van der Waals surface area (Å²) >= 11 is 0. The van der Waals surface area contributed by atoms with Crippen LogP contribution in [0.5, 0.6) is 5.88 Å². The first-order valence-electron chi connectivity index (χ1n) is 8.68. The van der Waals surface area contributed by atoms with Gasteiger partial charge in [0.05, 0.1) is 6.10 Å². The maximum Gasteiger partial charge on any atom is 0.425 e. The van der Waals surface area contributed by atoms with E-state index >= 15 is 0 Å². The van der Waals surface area contributed by atoms with Gasteiger partial charge in [-0.25, -0.2) is 9.37 Å². The van der Waals surface area contributed by atoms with Crippen molar-refractivity contribution in [3.05, 3.63) is 42.2 Å². The molecule has 0 amide bonds. The highest BCUT2D eigenvalue weighted by Crippen LogP contribution is 2.32. The van der Waals surface area contributed by atoms with Crippen LogP contribution in [0, 0.1) is 5.82 Å². The number of nitrogens with zero attached hydrogens (tertiary/aromatic N) is 4. The number of hydrogen-bond acceptors (Lipinski definition) is 5. The van der Waals surface area contributed by atoms with Crippen LogP contribution in [-0.4, -0.2) is 38.0 Å². The molecular formula is C18H16F6N4O2. The van der Waals surface area contributed by atoms with Crippen LogP contribution in [0.3, 0.4) is 0 Å². The molecule has 3 aromatic heterocycles. The van der Waals surface area contributed by atoms with Gasteiger partial charge in [0, 0.05) is 23.5 Å². The SMILES string of the molecule is CC(C)OC(F)(F)c1nnc2ccc(-c3cnc(O[C@H](C)C(F)(F)F)c(F)c3)cn12. The second-order valence-corrected chi connectivity index (χ2v) is 6.67. The second-order valence-electron chi connectivity index (χ2n) is 6.67. The molecule has 0 aliphatic rings. The Labute approximate surface area is 166 Å². The summed E-state index contributed by atoms with van der Waals surface area (Å²) < 4.78 is 90.7. The molecule has 6 nitrogen and oxygen atoms in total. The van der Waals surface area contributed by atoms with Crippen molar-refractivity contribution in [2.75, 3.05) is 0 Å². The monoisotopic (exact) mass is 434 g/mol. The van der Waals surface area contributed by atoms with Crippen LogP contribution >= 0.6 is 0 Å². The summed E-state index contributed by atoms with van der Waals surface area (Å²) in [5, 5.41) is 7.11. The molecule has 0 fully saturated rings. The molecular weight excluding hydrogens is 418 g/mol. The van der Waals surface area contributed by atoms with Gasteiger partial charge in [-0.1, -0.05) is 0 Å². The summed E-state index contributed by atoms with van der Waals surface area (Å²) in [5.41, 5.74) is 0.452. The predicted molar refractivity (Wildman–Crippen MR) is 92.4 cm³/mol. The first kappa shape index (κ1) is 21.8. The average Bonchev–Trinajstić information content (AvgIpc) is 3.05. The fourth-order valence-electron chi connectivity index (χ4n) is 2.51. The van der Waals surface area contributed by atoms with Gasteiger partial charge in [0.1, 0.15) is 0 Å². The van der Waals surface area contributed by atoms with E-state index in [2.05, 4.69) is 24.7 Å². The molecule has 3 heterocycles. The first-order chi connectivity index (χ1) is 13.9. The zero-order valence-electron chi connectivity index (χ0n) is 15.9. The zero-order chi connectivity index (χ0) is 22.3. The van der Waals surface area contributed by atoms with Crippen molar-refractivity contribution < 1.29 is 35.8 Å². The van der Waals surface area contributed by atoms with Gasteiger partial charge in [-0.15, -0.1) is 10.2 Å². The summed E-state index contributed by atoms with van der Waals surface area (Å²) in [6.45, 7) is 3.58. The van der Waals surface area contributed by atoms with Gasteiger partial charge in [-0.05, 0) is 39.0 Å². The quantitative estimate of drug-likeness (QED) is 0.525. The van der Waals surface area contributed by atoms with Crippen molar-refractivity contribution in [2.24, 2.45) is 0 Å². The summed E-state index contributed by atoms with van der Waals surface area (Å²) in [6.07, 6.45) is -9.19. The number of ether oxygens (including phenoxy) is 2. The van der Waals surface area contributed by atoms with Crippen molar-refractivity contribution in [3.8, 4) is 17.0 Å². The number of hydrogen-bond donors (Lipinski definition) is 0. The van der Waals surface area contributed by atoms with E-state index in [-0.39, 0.29) is 16.8 Å². The Kier molecular flexibility index (Phi) is 5.63. The molecule has 3 rings (SSSR count). The van der Waals surface area contributed by atoms with Crippen molar-refractivity contribution in [1.29, 1.82) is 0 Å². The number of rotatable bonds is 6. The van der Waals surface area contributed by atoms with Crippen LogP contribution in [0.2, 0.25) is 0 Å². The third-order valence-electron chi connectivity index (χ3n) is 3.94. The van der Waals surface area contributed by atoms with E-state index in [1.807, 2.05) is 0 Å². The topological polar surface area (TPSA) is 61.5 Å². The molecule has 3 aromatic rings. The Hall–Kier alpha value is -2.89. The molecule has 0 spiro atoms. The molecule has 0 N–H and O–H groups in total. The Morgan fingerprint density at radius 2 is 1.70 bits per heavy atom. The molecule has 0 aliphatic carbocycles. The number of alkyl halides is 5. The molecule has 0 aliphatic heterocycles. The number of aromatic nitrogens is 4. The molecule has 0 radical (unpaired) electrons. The van der Waals surface area contributed by atoms with Gasteiger partial charge >= 0.3 is 12.3 Å². The van der Waals surface area contributed by atoms with Gasteiger partial charge in [-0.2, -0.15) is 22.0 Å². The second kappa shape index (κ2) is 7.74. The minimum absolute atomic E-state index is 0.0909. The predicted octanol–water partition coefficient (Wildman–Crippen LogP) is 4.73. The minimum Gasteiger partial charge on any atom is -0.463 e. The molecule has 0 bridgehead atoms. The molecule has 30 heavy (non-hydrogen) atoms. The van der Waals surface area contributed by atoms with E-state index in [0.717, 1.165) is 23.6 Å². The molecule has 0 unspecified atom stereocenters. The smallest absolute Gasteiger partial charge is 0.425 e. The molecule has 1 atom stereocenters. The largest absolute Gasteiger partial charge is 0.463 e. The number of pyridine rings is 2.